The number of hydrogen-bond donors (Lipinski definition) is 2. The van der Waals surface area contributed by atoms with E-state index in [0.717, 1.165) is 17.8 Å². The molecule has 1 aromatic heterocycles. The highest BCUT2D eigenvalue weighted by molar-refractivity contribution is 5.99. The minimum absolute atomic E-state index is 0.0189. The number of nitrogens with zero attached hydrogens (tertiary/aromatic N) is 2. The summed E-state index contributed by atoms with van der Waals surface area (Å²) in [5.41, 5.74) is 10.1. The van der Waals surface area contributed by atoms with Crippen LogP contribution in [0.25, 0.3) is 0 Å². The number of anilines is 2. The summed E-state index contributed by atoms with van der Waals surface area (Å²) in [6.07, 6.45) is 2.92. The number of carbonyl (C=O) groups is 1. The number of aromatic nitrogens is 2. The van der Waals surface area contributed by atoms with Crippen molar-refractivity contribution in [2.24, 2.45) is 7.05 Å². The van der Waals surface area contributed by atoms with Gasteiger partial charge in [0.1, 0.15) is 0 Å². The second-order valence-corrected chi connectivity index (χ2v) is 4.84. The Morgan fingerprint density at radius 1 is 1.45 bits per heavy atom. The van der Waals surface area contributed by atoms with Gasteiger partial charge >= 0.3 is 0 Å². The van der Waals surface area contributed by atoms with Crippen LogP contribution in [0, 0.1) is 0 Å². The maximum absolute atomic E-state index is 11.3. The van der Waals surface area contributed by atoms with E-state index in [-0.39, 0.29) is 5.78 Å². The van der Waals surface area contributed by atoms with E-state index in [1.165, 1.54) is 12.5 Å². The van der Waals surface area contributed by atoms with Crippen LogP contribution in [-0.4, -0.2) is 15.6 Å². The summed E-state index contributed by atoms with van der Waals surface area (Å²) in [6.45, 7) is 4.29. The lowest BCUT2D eigenvalue weighted by molar-refractivity contribution is 0.101. The van der Waals surface area contributed by atoms with Gasteiger partial charge in [-0.25, -0.2) is 0 Å². The van der Waals surface area contributed by atoms with Gasteiger partial charge in [-0.2, -0.15) is 5.10 Å². The average molecular weight is 272 g/mol. The van der Waals surface area contributed by atoms with Crippen LogP contribution < -0.4 is 11.1 Å². The molecule has 0 aliphatic rings. The van der Waals surface area contributed by atoms with Crippen molar-refractivity contribution < 1.29 is 4.79 Å². The summed E-state index contributed by atoms with van der Waals surface area (Å²) >= 11 is 0. The number of carbonyl (C=O) groups excluding carboxylic acids is 1. The zero-order valence-electron chi connectivity index (χ0n) is 12.1. The van der Waals surface area contributed by atoms with Crippen molar-refractivity contribution in [2.75, 3.05) is 11.1 Å². The topological polar surface area (TPSA) is 72.9 Å². The Bertz CT molecular complexity index is 631. The maximum atomic E-state index is 11.3. The van der Waals surface area contributed by atoms with Crippen LogP contribution in [0.2, 0.25) is 0 Å². The first-order chi connectivity index (χ1) is 9.51. The van der Waals surface area contributed by atoms with Crippen LogP contribution in [0.5, 0.6) is 0 Å². The molecule has 0 radical (unpaired) electrons. The molecular weight excluding hydrogens is 252 g/mol. The van der Waals surface area contributed by atoms with Gasteiger partial charge in [0.2, 0.25) is 0 Å². The van der Waals surface area contributed by atoms with E-state index >= 15 is 0 Å². The Kier molecular flexibility index (Phi) is 4.08. The molecule has 0 aliphatic heterocycles. The van der Waals surface area contributed by atoms with Crippen molar-refractivity contribution >= 4 is 17.2 Å². The van der Waals surface area contributed by atoms with E-state index in [9.17, 15) is 4.79 Å². The molecule has 2 rings (SSSR count). The minimum Gasteiger partial charge on any atom is -0.398 e. The number of nitrogen functional groups attached to an aromatic ring is 1. The summed E-state index contributed by atoms with van der Waals surface area (Å²) in [4.78, 5) is 11.3. The molecule has 2 aromatic rings. The van der Waals surface area contributed by atoms with E-state index < -0.39 is 0 Å². The largest absolute Gasteiger partial charge is 0.398 e. The van der Waals surface area contributed by atoms with Crippen LogP contribution in [0.15, 0.2) is 24.4 Å². The van der Waals surface area contributed by atoms with Crippen molar-refractivity contribution in [2.45, 2.75) is 26.8 Å². The molecule has 0 spiro atoms. The molecule has 0 aliphatic carbocycles. The lowest BCUT2D eigenvalue weighted by Gasteiger charge is -2.09. The van der Waals surface area contributed by atoms with E-state index in [2.05, 4.69) is 17.3 Å². The molecule has 3 N–H and O–H groups in total. The normalized spacial score (nSPS) is 10.6. The third-order valence-corrected chi connectivity index (χ3v) is 3.24. The van der Waals surface area contributed by atoms with Gasteiger partial charge in [0.15, 0.2) is 5.78 Å². The SMILES string of the molecule is CCc1nn(C)cc1CNc1ccc(C(C)=O)c(N)c1. The third-order valence-electron chi connectivity index (χ3n) is 3.24. The van der Waals surface area contributed by atoms with Gasteiger partial charge in [-0.15, -0.1) is 0 Å². The number of Topliss-reactive ketones (excluding diaryl/α,β-unsaturated/α-hetero) is 1. The smallest absolute Gasteiger partial charge is 0.161 e. The zero-order valence-corrected chi connectivity index (χ0v) is 12.1. The predicted molar refractivity (Wildman–Crippen MR) is 80.8 cm³/mol. The molecule has 20 heavy (non-hydrogen) atoms. The number of nitrogens with one attached hydrogen (secondary N) is 1. The van der Waals surface area contributed by atoms with E-state index in [4.69, 9.17) is 5.73 Å². The Morgan fingerprint density at radius 2 is 2.20 bits per heavy atom. The minimum atomic E-state index is -0.0189. The fourth-order valence-electron chi connectivity index (χ4n) is 2.22. The first kappa shape index (κ1) is 14.1. The first-order valence-electron chi connectivity index (χ1n) is 6.67. The Morgan fingerprint density at radius 3 is 2.80 bits per heavy atom. The molecule has 0 amide bonds. The summed E-state index contributed by atoms with van der Waals surface area (Å²) < 4.78 is 1.82. The van der Waals surface area contributed by atoms with Crippen LogP contribution >= 0.6 is 0 Å². The molecule has 0 saturated heterocycles. The van der Waals surface area contributed by atoms with Crippen LogP contribution in [-0.2, 0) is 20.0 Å². The van der Waals surface area contributed by atoms with Crippen molar-refractivity contribution in [3.05, 3.63) is 41.2 Å². The molecule has 1 aromatic carbocycles. The lowest BCUT2D eigenvalue weighted by Crippen LogP contribution is -2.04. The molecule has 1 heterocycles. The Hall–Kier alpha value is -2.30. The summed E-state index contributed by atoms with van der Waals surface area (Å²) in [6, 6.07) is 5.41. The standard InChI is InChI=1S/C15H20N4O/c1-4-15-11(9-19(3)18-15)8-17-12-5-6-13(10(2)20)14(16)7-12/h5-7,9,17H,4,8,16H2,1-3H3. The third kappa shape index (κ3) is 2.99. The van der Waals surface area contributed by atoms with Crippen molar-refractivity contribution in [3.8, 4) is 0 Å². The molecule has 0 bridgehead atoms. The summed E-state index contributed by atoms with van der Waals surface area (Å²) in [5, 5.41) is 7.71. The highest BCUT2D eigenvalue weighted by Gasteiger charge is 2.07. The van der Waals surface area contributed by atoms with Crippen molar-refractivity contribution in [1.29, 1.82) is 0 Å². The Labute approximate surface area is 118 Å². The zero-order chi connectivity index (χ0) is 14.7. The fourth-order valence-corrected chi connectivity index (χ4v) is 2.22. The summed E-state index contributed by atoms with van der Waals surface area (Å²) in [5.74, 6) is -0.0189. The van der Waals surface area contributed by atoms with Crippen molar-refractivity contribution in [3.63, 3.8) is 0 Å². The summed E-state index contributed by atoms with van der Waals surface area (Å²) in [7, 11) is 1.92. The number of nitrogens with two attached hydrogens (primary N) is 1. The number of rotatable bonds is 5. The molecule has 5 heteroatoms. The molecule has 0 saturated carbocycles. The predicted octanol–water partition coefficient (Wildman–Crippen LogP) is 2.38. The number of hydrogen-bond acceptors (Lipinski definition) is 4. The number of benzene rings is 1. The van der Waals surface area contributed by atoms with E-state index in [0.29, 0.717) is 17.8 Å². The molecule has 106 valence electrons. The quantitative estimate of drug-likeness (QED) is 0.647. The van der Waals surface area contributed by atoms with Crippen LogP contribution in [0.1, 0.15) is 35.5 Å². The molecule has 0 unspecified atom stereocenters. The van der Waals surface area contributed by atoms with E-state index in [1.54, 1.807) is 12.1 Å². The highest BCUT2D eigenvalue weighted by Crippen LogP contribution is 2.19. The Balaban J connectivity index is 2.11. The fraction of sp³-hybridized carbons (Fsp3) is 0.333. The van der Waals surface area contributed by atoms with Gasteiger partial charge in [-0.05, 0) is 31.5 Å². The van der Waals surface area contributed by atoms with Gasteiger partial charge in [0.05, 0.1) is 5.69 Å². The van der Waals surface area contributed by atoms with Gasteiger partial charge in [0, 0.05) is 42.3 Å². The van der Waals surface area contributed by atoms with Crippen molar-refractivity contribution in [1.82, 2.24) is 9.78 Å². The first-order valence-corrected chi connectivity index (χ1v) is 6.67. The average Bonchev–Trinajstić information content (AvgIpc) is 2.76. The second-order valence-electron chi connectivity index (χ2n) is 4.84. The van der Waals surface area contributed by atoms with Crippen LogP contribution in [0.4, 0.5) is 11.4 Å². The monoisotopic (exact) mass is 272 g/mol. The van der Waals surface area contributed by atoms with Gasteiger partial charge in [-0.3, -0.25) is 9.48 Å². The highest BCUT2D eigenvalue weighted by atomic mass is 16.1. The van der Waals surface area contributed by atoms with Gasteiger partial charge in [0.25, 0.3) is 0 Å². The molecule has 5 nitrogen and oxygen atoms in total. The molecular formula is C15H20N4O. The van der Waals surface area contributed by atoms with E-state index in [1.807, 2.05) is 24.0 Å². The van der Waals surface area contributed by atoms with Crippen LogP contribution in [0.3, 0.4) is 0 Å². The van der Waals surface area contributed by atoms with Gasteiger partial charge < -0.3 is 11.1 Å². The number of ketones is 1. The number of aryl methyl sites for hydroxylation is 2. The maximum Gasteiger partial charge on any atom is 0.161 e. The second kappa shape index (κ2) is 5.77. The van der Waals surface area contributed by atoms with Gasteiger partial charge in [-0.1, -0.05) is 6.92 Å². The molecule has 0 fully saturated rings. The lowest BCUT2D eigenvalue weighted by atomic mass is 10.1. The molecule has 0 atom stereocenters.